The molecule has 0 atom stereocenters. The van der Waals surface area contributed by atoms with Crippen LogP contribution in [0.25, 0.3) is 0 Å². The Kier molecular flexibility index (Phi) is 1.48. The number of halogens is 1. The second kappa shape index (κ2) is 2.30. The average molecular weight is 166 g/mol. The van der Waals surface area contributed by atoms with Crippen molar-refractivity contribution in [2.24, 2.45) is 0 Å². The molecule has 0 aliphatic carbocycles. The van der Waals surface area contributed by atoms with Crippen molar-refractivity contribution in [3.63, 3.8) is 0 Å². The van der Waals surface area contributed by atoms with Crippen molar-refractivity contribution >= 4 is 0 Å². The van der Waals surface area contributed by atoms with Gasteiger partial charge in [0, 0.05) is 0 Å². The van der Waals surface area contributed by atoms with Crippen LogP contribution in [-0.2, 0) is 16.9 Å². The molecule has 0 radical (unpaired) electrons. The highest BCUT2D eigenvalue weighted by Crippen LogP contribution is 2.35. The van der Waals surface area contributed by atoms with E-state index in [1.165, 1.54) is 6.07 Å². The molecule has 0 saturated heterocycles. The van der Waals surface area contributed by atoms with E-state index < -0.39 is 0 Å². The van der Waals surface area contributed by atoms with E-state index in [0.29, 0.717) is 6.61 Å². The first kappa shape index (κ1) is 7.74. The maximum absolute atomic E-state index is 12.8. The second-order valence-electron chi connectivity index (χ2n) is 3.60. The lowest BCUT2D eigenvalue weighted by Crippen LogP contribution is -2.14. The lowest BCUT2D eigenvalue weighted by atomic mass is 9.96. The Hall–Kier alpha value is -0.890. The predicted molar refractivity (Wildman–Crippen MR) is 44.2 cm³/mol. The fourth-order valence-corrected chi connectivity index (χ4v) is 1.60. The summed E-state index contributed by atoms with van der Waals surface area (Å²) in [5.74, 6) is -0.185. The highest BCUT2D eigenvalue weighted by Gasteiger charge is 2.30. The number of rotatable bonds is 0. The third kappa shape index (κ3) is 1.03. The van der Waals surface area contributed by atoms with E-state index >= 15 is 0 Å². The smallest absolute Gasteiger partial charge is 0.123 e. The van der Waals surface area contributed by atoms with E-state index in [2.05, 4.69) is 0 Å². The molecule has 0 N–H and O–H groups in total. The Morgan fingerprint density at radius 2 is 2.17 bits per heavy atom. The van der Waals surface area contributed by atoms with Crippen LogP contribution in [0.15, 0.2) is 18.2 Å². The standard InChI is InChI=1S/C10H11FO/c1-10(2)9-4-3-8(11)5-7(9)6-12-10/h3-5H,6H2,1-2H3. The van der Waals surface area contributed by atoms with Gasteiger partial charge in [0.05, 0.1) is 12.2 Å². The minimum absolute atomic E-state index is 0.185. The lowest BCUT2D eigenvalue weighted by molar-refractivity contribution is -0.00790. The molecule has 0 amide bonds. The van der Waals surface area contributed by atoms with Gasteiger partial charge in [0.25, 0.3) is 0 Å². The van der Waals surface area contributed by atoms with Crippen LogP contribution in [0.5, 0.6) is 0 Å². The number of ether oxygens (including phenoxy) is 1. The van der Waals surface area contributed by atoms with Crippen molar-refractivity contribution in [3.8, 4) is 0 Å². The van der Waals surface area contributed by atoms with Crippen LogP contribution >= 0.6 is 0 Å². The molecule has 1 aliphatic rings. The first-order valence-corrected chi connectivity index (χ1v) is 4.02. The summed E-state index contributed by atoms with van der Waals surface area (Å²) in [6, 6.07) is 4.83. The Labute approximate surface area is 71.2 Å². The Morgan fingerprint density at radius 3 is 2.92 bits per heavy atom. The molecule has 0 aromatic heterocycles. The maximum Gasteiger partial charge on any atom is 0.123 e. The molecule has 2 rings (SSSR count). The molecular weight excluding hydrogens is 155 g/mol. The molecule has 0 spiro atoms. The second-order valence-corrected chi connectivity index (χ2v) is 3.60. The van der Waals surface area contributed by atoms with Crippen LogP contribution in [0.1, 0.15) is 25.0 Å². The minimum Gasteiger partial charge on any atom is -0.366 e. The summed E-state index contributed by atoms with van der Waals surface area (Å²) in [6.07, 6.45) is 0. The van der Waals surface area contributed by atoms with E-state index in [0.717, 1.165) is 11.1 Å². The molecule has 1 aliphatic heterocycles. The monoisotopic (exact) mass is 166 g/mol. The van der Waals surface area contributed by atoms with Gasteiger partial charge in [-0.15, -0.1) is 0 Å². The quantitative estimate of drug-likeness (QED) is 0.575. The largest absolute Gasteiger partial charge is 0.366 e. The number of fused-ring (bicyclic) bond motifs is 1. The van der Waals surface area contributed by atoms with E-state index in [4.69, 9.17) is 4.74 Å². The molecule has 0 fully saturated rings. The summed E-state index contributed by atoms with van der Waals surface area (Å²) < 4.78 is 18.3. The van der Waals surface area contributed by atoms with E-state index in [1.807, 2.05) is 13.8 Å². The van der Waals surface area contributed by atoms with Crippen molar-refractivity contribution in [1.29, 1.82) is 0 Å². The van der Waals surface area contributed by atoms with Gasteiger partial charge in [-0.1, -0.05) is 6.07 Å². The fourth-order valence-electron chi connectivity index (χ4n) is 1.60. The van der Waals surface area contributed by atoms with Crippen LogP contribution in [0.3, 0.4) is 0 Å². The zero-order chi connectivity index (χ0) is 8.77. The van der Waals surface area contributed by atoms with Crippen molar-refractivity contribution in [2.75, 3.05) is 0 Å². The van der Waals surface area contributed by atoms with Crippen LogP contribution in [0.2, 0.25) is 0 Å². The Bertz CT molecular complexity index is 318. The van der Waals surface area contributed by atoms with Crippen LogP contribution in [0.4, 0.5) is 4.39 Å². The van der Waals surface area contributed by atoms with Gasteiger partial charge in [0.2, 0.25) is 0 Å². The van der Waals surface area contributed by atoms with Gasteiger partial charge in [-0.3, -0.25) is 0 Å². The van der Waals surface area contributed by atoms with Gasteiger partial charge in [0.15, 0.2) is 0 Å². The zero-order valence-electron chi connectivity index (χ0n) is 7.23. The van der Waals surface area contributed by atoms with Crippen LogP contribution in [-0.4, -0.2) is 0 Å². The van der Waals surface area contributed by atoms with Gasteiger partial charge >= 0.3 is 0 Å². The van der Waals surface area contributed by atoms with Gasteiger partial charge in [-0.25, -0.2) is 4.39 Å². The first-order chi connectivity index (χ1) is 5.59. The third-order valence-corrected chi connectivity index (χ3v) is 2.30. The number of hydrogen-bond acceptors (Lipinski definition) is 1. The van der Waals surface area contributed by atoms with Crippen LogP contribution in [0, 0.1) is 5.82 Å². The van der Waals surface area contributed by atoms with Gasteiger partial charge in [-0.2, -0.15) is 0 Å². The molecule has 1 nitrogen and oxygen atoms in total. The van der Waals surface area contributed by atoms with E-state index in [-0.39, 0.29) is 11.4 Å². The molecule has 12 heavy (non-hydrogen) atoms. The van der Waals surface area contributed by atoms with Gasteiger partial charge < -0.3 is 4.74 Å². The third-order valence-electron chi connectivity index (χ3n) is 2.30. The highest BCUT2D eigenvalue weighted by molar-refractivity contribution is 5.34. The molecule has 1 aromatic rings. The number of hydrogen-bond donors (Lipinski definition) is 0. The molecule has 1 aromatic carbocycles. The van der Waals surface area contributed by atoms with E-state index in [1.54, 1.807) is 12.1 Å². The summed E-state index contributed by atoms with van der Waals surface area (Å²) in [4.78, 5) is 0. The van der Waals surface area contributed by atoms with E-state index in [9.17, 15) is 4.39 Å². The molecule has 1 heterocycles. The molecule has 64 valence electrons. The summed E-state index contributed by atoms with van der Waals surface area (Å²) in [5.41, 5.74) is 1.83. The average Bonchev–Trinajstić information content (AvgIpc) is 2.27. The molecule has 0 saturated carbocycles. The summed E-state index contributed by atoms with van der Waals surface area (Å²) in [6.45, 7) is 4.52. The SMILES string of the molecule is CC1(C)OCc2cc(F)ccc21. The summed E-state index contributed by atoms with van der Waals surface area (Å²) in [5, 5.41) is 0. The highest BCUT2D eigenvalue weighted by atomic mass is 19.1. The Morgan fingerprint density at radius 1 is 1.42 bits per heavy atom. The normalized spacial score (nSPS) is 19.2. The van der Waals surface area contributed by atoms with Crippen molar-refractivity contribution < 1.29 is 9.13 Å². The first-order valence-electron chi connectivity index (χ1n) is 4.02. The molecule has 0 bridgehead atoms. The molecular formula is C10H11FO. The number of benzene rings is 1. The summed E-state index contributed by atoms with van der Waals surface area (Å²) >= 11 is 0. The summed E-state index contributed by atoms with van der Waals surface area (Å²) in [7, 11) is 0. The van der Waals surface area contributed by atoms with Crippen LogP contribution < -0.4 is 0 Å². The predicted octanol–water partition coefficient (Wildman–Crippen LogP) is 2.59. The molecule has 2 heteroatoms. The van der Waals surface area contributed by atoms with Crippen molar-refractivity contribution in [2.45, 2.75) is 26.1 Å². The van der Waals surface area contributed by atoms with Gasteiger partial charge in [-0.05, 0) is 37.1 Å². The maximum atomic E-state index is 12.8. The molecule has 0 unspecified atom stereocenters. The zero-order valence-corrected chi connectivity index (χ0v) is 7.23. The Balaban J connectivity index is 2.55. The fraction of sp³-hybridized carbons (Fsp3) is 0.400. The van der Waals surface area contributed by atoms with Crippen molar-refractivity contribution in [1.82, 2.24) is 0 Å². The van der Waals surface area contributed by atoms with Crippen molar-refractivity contribution in [3.05, 3.63) is 35.1 Å². The lowest BCUT2D eigenvalue weighted by Gasteiger charge is -2.17. The minimum atomic E-state index is -0.247. The van der Waals surface area contributed by atoms with Gasteiger partial charge in [0.1, 0.15) is 5.82 Å². The topological polar surface area (TPSA) is 9.23 Å².